The van der Waals surface area contributed by atoms with E-state index >= 15 is 0 Å². The molecular formula is C15H26BrN3. The molecule has 0 atom stereocenters. The third-order valence-corrected chi connectivity index (χ3v) is 5.15. The Balaban J connectivity index is 1.69. The van der Waals surface area contributed by atoms with E-state index < -0.39 is 0 Å². The van der Waals surface area contributed by atoms with Crippen LogP contribution >= 0.6 is 15.9 Å². The maximum Gasteiger partial charge on any atom is 0.0767 e. The van der Waals surface area contributed by atoms with E-state index in [0.717, 1.165) is 31.1 Å². The second kappa shape index (κ2) is 7.44. The molecule has 3 nitrogen and oxygen atoms in total. The van der Waals surface area contributed by atoms with Crippen LogP contribution in [0.5, 0.6) is 0 Å². The molecule has 0 saturated heterocycles. The van der Waals surface area contributed by atoms with Gasteiger partial charge in [0.15, 0.2) is 0 Å². The molecule has 2 rings (SSSR count). The molecule has 1 N–H and O–H groups in total. The van der Waals surface area contributed by atoms with E-state index in [-0.39, 0.29) is 0 Å². The van der Waals surface area contributed by atoms with Crippen molar-refractivity contribution in [1.29, 1.82) is 0 Å². The Bertz CT molecular complexity index is 394. The van der Waals surface area contributed by atoms with Gasteiger partial charge in [0, 0.05) is 13.6 Å². The lowest BCUT2D eigenvalue weighted by Gasteiger charge is -2.09. The molecule has 0 unspecified atom stereocenters. The van der Waals surface area contributed by atoms with Gasteiger partial charge in [0.2, 0.25) is 0 Å². The van der Waals surface area contributed by atoms with Crippen LogP contribution in [-0.2, 0) is 20.0 Å². The van der Waals surface area contributed by atoms with Gasteiger partial charge in [0.05, 0.1) is 15.9 Å². The van der Waals surface area contributed by atoms with Crippen LogP contribution in [0.25, 0.3) is 0 Å². The topological polar surface area (TPSA) is 29.9 Å². The Morgan fingerprint density at radius 1 is 1.37 bits per heavy atom. The molecule has 0 aromatic carbocycles. The zero-order valence-corrected chi connectivity index (χ0v) is 13.8. The van der Waals surface area contributed by atoms with Crippen molar-refractivity contribution in [1.82, 2.24) is 15.1 Å². The van der Waals surface area contributed by atoms with Crippen molar-refractivity contribution >= 4 is 15.9 Å². The zero-order valence-electron chi connectivity index (χ0n) is 12.2. The van der Waals surface area contributed by atoms with E-state index in [1.54, 1.807) is 0 Å². The summed E-state index contributed by atoms with van der Waals surface area (Å²) in [5.41, 5.74) is 2.42. The maximum absolute atomic E-state index is 4.52. The normalized spacial score (nSPS) is 16.4. The first-order valence-corrected chi connectivity index (χ1v) is 8.42. The Morgan fingerprint density at radius 2 is 2.11 bits per heavy atom. The van der Waals surface area contributed by atoms with Gasteiger partial charge in [-0.15, -0.1) is 0 Å². The minimum atomic E-state index is 0.911. The van der Waals surface area contributed by atoms with Crippen molar-refractivity contribution in [2.75, 3.05) is 6.54 Å². The van der Waals surface area contributed by atoms with E-state index in [2.05, 4.69) is 33.3 Å². The minimum Gasteiger partial charge on any atom is -0.311 e. The van der Waals surface area contributed by atoms with E-state index in [1.807, 2.05) is 11.7 Å². The molecule has 108 valence electrons. The van der Waals surface area contributed by atoms with Crippen LogP contribution in [0.2, 0.25) is 0 Å². The maximum atomic E-state index is 4.52. The average Bonchev–Trinajstić information content (AvgIpc) is 3.00. The largest absolute Gasteiger partial charge is 0.311 e. The summed E-state index contributed by atoms with van der Waals surface area (Å²) < 4.78 is 3.17. The number of nitrogens with zero attached hydrogens (tertiary/aromatic N) is 2. The van der Waals surface area contributed by atoms with Crippen molar-refractivity contribution in [3.63, 3.8) is 0 Å². The second-order valence-corrected chi connectivity index (χ2v) is 6.45. The SMILES string of the molecule is CCc1nn(C)c(CNCCCC2CCCC2)c1Br. The number of hydrogen-bond donors (Lipinski definition) is 1. The summed E-state index contributed by atoms with van der Waals surface area (Å²) in [6.07, 6.45) is 9.54. The number of nitrogens with one attached hydrogen (secondary N) is 1. The molecule has 1 saturated carbocycles. The molecule has 1 aromatic heterocycles. The van der Waals surface area contributed by atoms with Gasteiger partial charge in [-0.25, -0.2) is 0 Å². The zero-order chi connectivity index (χ0) is 13.7. The highest BCUT2D eigenvalue weighted by Crippen LogP contribution is 2.28. The van der Waals surface area contributed by atoms with Gasteiger partial charge < -0.3 is 5.32 Å². The Labute approximate surface area is 125 Å². The van der Waals surface area contributed by atoms with Crippen LogP contribution < -0.4 is 5.32 Å². The first kappa shape index (κ1) is 15.0. The van der Waals surface area contributed by atoms with E-state index in [4.69, 9.17) is 0 Å². The number of aromatic nitrogens is 2. The molecule has 0 amide bonds. The minimum absolute atomic E-state index is 0.911. The summed E-state index contributed by atoms with van der Waals surface area (Å²) in [5, 5.41) is 8.07. The van der Waals surface area contributed by atoms with Crippen LogP contribution in [0.3, 0.4) is 0 Å². The van der Waals surface area contributed by atoms with E-state index in [1.165, 1.54) is 48.7 Å². The van der Waals surface area contributed by atoms with Gasteiger partial charge in [-0.05, 0) is 47.7 Å². The fraction of sp³-hybridized carbons (Fsp3) is 0.800. The third-order valence-electron chi connectivity index (χ3n) is 4.24. The van der Waals surface area contributed by atoms with Gasteiger partial charge >= 0.3 is 0 Å². The highest BCUT2D eigenvalue weighted by Gasteiger charge is 2.14. The molecule has 1 aliphatic carbocycles. The summed E-state index contributed by atoms with van der Waals surface area (Å²) in [7, 11) is 2.03. The van der Waals surface area contributed by atoms with Gasteiger partial charge in [-0.2, -0.15) is 5.10 Å². The van der Waals surface area contributed by atoms with Gasteiger partial charge in [0.25, 0.3) is 0 Å². The molecule has 4 heteroatoms. The van der Waals surface area contributed by atoms with Gasteiger partial charge in [0.1, 0.15) is 0 Å². The van der Waals surface area contributed by atoms with Crippen molar-refractivity contribution in [3.05, 3.63) is 15.9 Å². The van der Waals surface area contributed by atoms with Crippen molar-refractivity contribution in [2.45, 2.75) is 58.4 Å². The fourth-order valence-corrected chi connectivity index (χ4v) is 3.79. The van der Waals surface area contributed by atoms with Crippen molar-refractivity contribution in [3.8, 4) is 0 Å². The lowest BCUT2D eigenvalue weighted by atomic mass is 10.0. The summed E-state index contributed by atoms with van der Waals surface area (Å²) >= 11 is 3.66. The number of rotatable bonds is 7. The third kappa shape index (κ3) is 4.06. The quantitative estimate of drug-likeness (QED) is 0.772. The molecule has 0 bridgehead atoms. The lowest BCUT2D eigenvalue weighted by molar-refractivity contribution is 0.468. The smallest absolute Gasteiger partial charge is 0.0767 e. The Hall–Kier alpha value is -0.350. The number of hydrogen-bond acceptors (Lipinski definition) is 2. The molecule has 1 fully saturated rings. The van der Waals surface area contributed by atoms with Crippen LogP contribution in [-0.4, -0.2) is 16.3 Å². The first-order chi connectivity index (χ1) is 9.22. The summed E-state index contributed by atoms with van der Waals surface area (Å²) in [4.78, 5) is 0. The standard InChI is InChI=1S/C15H26BrN3/c1-3-13-15(16)14(19(2)18-13)11-17-10-6-9-12-7-4-5-8-12/h12,17H,3-11H2,1-2H3. The molecule has 0 aliphatic heterocycles. The second-order valence-electron chi connectivity index (χ2n) is 5.65. The Kier molecular flexibility index (Phi) is 5.89. The molecule has 1 aromatic rings. The van der Waals surface area contributed by atoms with Crippen LogP contribution in [0, 0.1) is 5.92 Å². The average molecular weight is 328 g/mol. The monoisotopic (exact) mass is 327 g/mol. The first-order valence-electron chi connectivity index (χ1n) is 7.63. The number of aryl methyl sites for hydroxylation is 2. The molecule has 0 radical (unpaired) electrons. The number of halogens is 1. The van der Waals surface area contributed by atoms with Crippen LogP contribution in [0.15, 0.2) is 4.47 Å². The highest BCUT2D eigenvalue weighted by molar-refractivity contribution is 9.10. The van der Waals surface area contributed by atoms with E-state index in [0.29, 0.717) is 0 Å². The summed E-state index contributed by atoms with van der Waals surface area (Å²) in [6.45, 7) is 4.18. The molecule has 1 aliphatic rings. The van der Waals surface area contributed by atoms with Crippen molar-refractivity contribution in [2.24, 2.45) is 13.0 Å². The van der Waals surface area contributed by atoms with Gasteiger partial charge in [-0.1, -0.05) is 32.6 Å². The summed E-state index contributed by atoms with van der Waals surface area (Å²) in [5.74, 6) is 1.01. The fourth-order valence-electron chi connectivity index (χ4n) is 3.03. The predicted molar refractivity (Wildman–Crippen MR) is 83.2 cm³/mol. The van der Waals surface area contributed by atoms with E-state index in [9.17, 15) is 0 Å². The molecule has 1 heterocycles. The predicted octanol–water partition coefficient (Wildman–Crippen LogP) is 3.81. The van der Waals surface area contributed by atoms with Gasteiger partial charge in [-0.3, -0.25) is 4.68 Å². The highest BCUT2D eigenvalue weighted by atomic mass is 79.9. The van der Waals surface area contributed by atoms with Crippen LogP contribution in [0.1, 0.15) is 56.8 Å². The molecule has 0 spiro atoms. The molecular weight excluding hydrogens is 302 g/mol. The lowest BCUT2D eigenvalue weighted by Crippen LogP contribution is -2.17. The Morgan fingerprint density at radius 3 is 2.74 bits per heavy atom. The van der Waals surface area contributed by atoms with Crippen LogP contribution in [0.4, 0.5) is 0 Å². The molecule has 19 heavy (non-hydrogen) atoms. The summed E-state index contributed by atoms with van der Waals surface area (Å²) in [6, 6.07) is 0. The van der Waals surface area contributed by atoms with Crippen molar-refractivity contribution < 1.29 is 0 Å².